The van der Waals surface area contributed by atoms with Gasteiger partial charge in [-0.15, -0.1) is 0 Å². The van der Waals surface area contributed by atoms with Crippen molar-refractivity contribution in [2.24, 2.45) is 5.73 Å². The topological polar surface area (TPSA) is 75.3 Å². The molecular weight excluding hydrogens is 420 g/mol. The molecule has 2 rings (SSSR count). The van der Waals surface area contributed by atoms with Crippen LogP contribution < -0.4 is 11.1 Å². The number of carbonyl (C=O) groups excluding carboxylic acids is 1. The molecular formula is C14H10Br2N2O2S. The Morgan fingerprint density at radius 3 is 2.33 bits per heavy atom. The number of aromatic hydroxyl groups is 1. The summed E-state index contributed by atoms with van der Waals surface area (Å²) in [6.07, 6.45) is 0. The van der Waals surface area contributed by atoms with Crippen molar-refractivity contribution in [2.75, 3.05) is 5.32 Å². The quantitative estimate of drug-likeness (QED) is 0.648. The first kappa shape index (κ1) is 15.9. The van der Waals surface area contributed by atoms with E-state index in [-0.39, 0.29) is 16.6 Å². The molecule has 0 fully saturated rings. The minimum atomic E-state index is -0.332. The Morgan fingerprint density at radius 2 is 1.76 bits per heavy atom. The number of anilines is 1. The van der Waals surface area contributed by atoms with Gasteiger partial charge in [0.1, 0.15) is 10.7 Å². The van der Waals surface area contributed by atoms with Crippen LogP contribution in [0.15, 0.2) is 45.3 Å². The van der Waals surface area contributed by atoms with Crippen LogP contribution in [0.2, 0.25) is 0 Å². The lowest BCUT2D eigenvalue weighted by Gasteiger charge is -2.09. The van der Waals surface area contributed by atoms with Gasteiger partial charge in [-0.3, -0.25) is 4.79 Å². The lowest BCUT2D eigenvalue weighted by Crippen LogP contribution is -2.13. The van der Waals surface area contributed by atoms with Gasteiger partial charge in [0.05, 0.1) is 10.2 Å². The molecule has 0 saturated heterocycles. The van der Waals surface area contributed by atoms with Crippen LogP contribution in [0.3, 0.4) is 0 Å². The number of nitrogens with one attached hydrogen (secondary N) is 1. The number of nitrogens with two attached hydrogens (primary N) is 1. The SMILES string of the molecule is NC(=S)c1ccc(NC(=O)c2ccc(Br)c(O)c2)c(Br)c1. The van der Waals surface area contributed by atoms with E-state index >= 15 is 0 Å². The van der Waals surface area contributed by atoms with Crippen LogP contribution in [-0.4, -0.2) is 16.0 Å². The Labute approximate surface area is 143 Å². The van der Waals surface area contributed by atoms with Crippen molar-refractivity contribution in [1.82, 2.24) is 0 Å². The molecule has 0 aliphatic rings. The van der Waals surface area contributed by atoms with E-state index in [0.717, 1.165) is 0 Å². The number of hydrogen-bond donors (Lipinski definition) is 3. The summed E-state index contributed by atoms with van der Waals surface area (Å²) >= 11 is 11.4. The minimum absolute atomic E-state index is 0.00513. The first-order chi connectivity index (χ1) is 9.88. The monoisotopic (exact) mass is 428 g/mol. The van der Waals surface area contributed by atoms with E-state index in [2.05, 4.69) is 37.2 Å². The molecule has 0 radical (unpaired) electrons. The number of carbonyl (C=O) groups is 1. The van der Waals surface area contributed by atoms with Gasteiger partial charge >= 0.3 is 0 Å². The molecule has 2 aromatic rings. The van der Waals surface area contributed by atoms with Crippen LogP contribution in [0.1, 0.15) is 15.9 Å². The van der Waals surface area contributed by atoms with Gasteiger partial charge in [0, 0.05) is 15.6 Å². The molecule has 0 saturated carbocycles. The van der Waals surface area contributed by atoms with Gasteiger partial charge in [0.15, 0.2) is 0 Å². The van der Waals surface area contributed by atoms with Crippen molar-refractivity contribution >= 4 is 60.7 Å². The molecule has 0 aliphatic carbocycles. The fourth-order valence-electron chi connectivity index (χ4n) is 1.62. The molecule has 4 N–H and O–H groups in total. The maximum absolute atomic E-state index is 12.1. The van der Waals surface area contributed by atoms with Crippen LogP contribution >= 0.6 is 44.1 Å². The number of phenols is 1. The fourth-order valence-corrected chi connectivity index (χ4v) is 2.47. The summed E-state index contributed by atoms with van der Waals surface area (Å²) in [5, 5.41) is 12.3. The molecule has 0 spiro atoms. The van der Waals surface area contributed by atoms with Gasteiger partial charge in [-0.1, -0.05) is 12.2 Å². The van der Waals surface area contributed by atoms with Gasteiger partial charge < -0.3 is 16.2 Å². The smallest absolute Gasteiger partial charge is 0.255 e. The lowest BCUT2D eigenvalue weighted by molar-refractivity contribution is 0.102. The van der Waals surface area contributed by atoms with Crippen LogP contribution in [0.4, 0.5) is 5.69 Å². The molecule has 4 nitrogen and oxygen atoms in total. The van der Waals surface area contributed by atoms with Crippen LogP contribution in [0.5, 0.6) is 5.75 Å². The number of rotatable bonds is 3. The van der Waals surface area contributed by atoms with Gasteiger partial charge in [0.25, 0.3) is 5.91 Å². The summed E-state index contributed by atoms with van der Waals surface area (Å²) in [5.74, 6) is -0.327. The average molecular weight is 430 g/mol. The lowest BCUT2D eigenvalue weighted by atomic mass is 10.1. The van der Waals surface area contributed by atoms with E-state index < -0.39 is 0 Å². The molecule has 108 valence electrons. The van der Waals surface area contributed by atoms with Gasteiger partial charge in [0.2, 0.25) is 0 Å². The molecule has 1 amide bonds. The molecule has 0 atom stereocenters. The Bertz CT molecular complexity index is 735. The van der Waals surface area contributed by atoms with E-state index in [1.807, 2.05) is 0 Å². The molecule has 0 bridgehead atoms. The zero-order chi connectivity index (χ0) is 15.6. The zero-order valence-corrected chi connectivity index (χ0v) is 14.5. The number of amides is 1. The summed E-state index contributed by atoms with van der Waals surface area (Å²) in [6, 6.07) is 9.76. The van der Waals surface area contributed by atoms with Crippen molar-refractivity contribution in [1.29, 1.82) is 0 Å². The van der Waals surface area contributed by atoms with E-state index in [4.69, 9.17) is 18.0 Å². The molecule has 2 aromatic carbocycles. The van der Waals surface area contributed by atoms with Crippen molar-refractivity contribution in [3.63, 3.8) is 0 Å². The van der Waals surface area contributed by atoms with Crippen molar-refractivity contribution < 1.29 is 9.90 Å². The largest absolute Gasteiger partial charge is 0.507 e. The van der Waals surface area contributed by atoms with Gasteiger partial charge in [-0.25, -0.2) is 0 Å². The van der Waals surface area contributed by atoms with E-state index in [1.165, 1.54) is 6.07 Å². The van der Waals surface area contributed by atoms with Gasteiger partial charge in [-0.05, 0) is 68.3 Å². The number of phenolic OH excluding ortho intramolecular Hbond substituents is 1. The first-order valence-electron chi connectivity index (χ1n) is 5.77. The Kier molecular flexibility index (Phi) is 4.97. The summed E-state index contributed by atoms with van der Waals surface area (Å²) in [5.41, 5.74) is 7.19. The van der Waals surface area contributed by atoms with Crippen LogP contribution in [0.25, 0.3) is 0 Å². The second kappa shape index (κ2) is 6.55. The van der Waals surface area contributed by atoms with Crippen molar-refractivity contribution in [3.8, 4) is 5.75 Å². The Hall–Kier alpha value is -1.44. The highest BCUT2D eigenvalue weighted by Gasteiger charge is 2.11. The second-order valence-electron chi connectivity index (χ2n) is 4.18. The van der Waals surface area contributed by atoms with E-state index in [1.54, 1.807) is 30.3 Å². The molecule has 21 heavy (non-hydrogen) atoms. The second-order valence-corrected chi connectivity index (χ2v) is 6.33. The predicted molar refractivity (Wildman–Crippen MR) is 93.8 cm³/mol. The number of hydrogen-bond acceptors (Lipinski definition) is 3. The van der Waals surface area contributed by atoms with Gasteiger partial charge in [-0.2, -0.15) is 0 Å². The molecule has 0 aromatic heterocycles. The predicted octanol–water partition coefficient (Wildman–Crippen LogP) is 3.80. The maximum atomic E-state index is 12.1. The Morgan fingerprint density at radius 1 is 1.10 bits per heavy atom. The van der Waals surface area contributed by atoms with Crippen LogP contribution in [-0.2, 0) is 0 Å². The highest BCUT2D eigenvalue weighted by Crippen LogP contribution is 2.27. The molecule has 0 aliphatic heterocycles. The van der Waals surface area contributed by atoms with E-state index in [0.29, 0.717) is 25.8 Å². The summed E-state index contributed by atoms with van der Waals surface area (Å²) in [4.78, 5) is 12.4. The zero-order valence-electron chi connectivity index (χ0n) is 10.6. The highest BCUT2D eigenvalue weighted by atomic mass is 79.9. The molecule has 7 heteroatoms. The number of halogens is 2. The highest BCUT2D eigenvalue weighted by molar-refractivity contribution is 9.11. The van der Waals surface area contributed by atoms with Crippen molar-refractivity contribution in [2.45, 2.75) is 0 Å². The minimum Gasteiger partial charge on any atom is -0.507 e. The number of benzene rings is 2. The third-order valence-electron chi connectivity index (χ3n) is 2.71. The van der Waals surface area contributed by atoms with E-state index in [9.17, 15) is 9.90 Å². The maximum Gasteiger partial charge on any atom is 0.255 e. The fraction of sp³-hybridized carbons (Fsp3) is 0. The first-order valence-corrected chi connectivity index (χ1v) is 7.77. The Balaban J connectivity index is 2.23. The third kappa shape index (κ3) is 3.81. The summed E-state index contributed by atoms with van der Waals surface area (Å²) in [7, 11) is 0. The normalized spacial score (nSPS) is 10.2. The van der Waals surface area contributed by atoms with Crippen LogP contribution in [0, 0.1) is 0 Å². The summed E-state index contributed by atoms with van der Waals surface area (Å²) < 4.78 is 1.20. The third-order valence-corrected chi connectivity index (χ3v) is 4.27. The molecule has 0 heterocycles. The average Bonchev–Trinajstić information content (AvgIpc) is 2.43. The van der Waals surface area contributed by atoms with Crippen molar-refractivity contribution in [3.05, 3.63) is 56.5 Å². The molecule has 0 unspecified atom stereocenters. The number of thiocarbonyl (C=S) groups is 1. The summed E-state index contributed by atoms with van der Waals surface area (Å²) in [6.45, 7) is 0. The standard InChI is InChI=1S/C14H10Br2N2O2S/c15-9-3-1-8(6-12(9)19)14(20)18-11-4-2-7(13(17)21)5-10(11)16/h1-6,19H,(H2,17,21)(H,18,20).